The quantitative estimate of drug-likeness (QED) is 0.528. The zero-order valence-electron chi connectivity index (χ0n) is 15.4. The van der Waals surface area contributed by atoms with Crippen molar-refractivity contribution < 1.29 is 9.18 Å². The summed E-state index contributed by atoms with van der Waals surface area (Å²) in [4.78, 5) is 20.5. The van der Waals surface area contributed by atoms with Crippen molar-refractivity contribution in [2.45, 2.75) is 12.8 Å². The first-order valence-electron chi connectivity index (χ1n) is 9.09. The Balaban J connectivity index is 1.40. The summed E-state index contributed by atoms with van der Waals surface area (Å²) in [6.45, 7) is 1.10. The Kier molecular flexibility index (Phi) is 6.89. The molecule has 0 saturated heterocycles. The van der Waals surface area contributed by atoms with Crippen LogP contribution in [0.1, 0.15) is 12.0 Å². The number of rotatable bonds is 9. The van der Waals surface area contributed by atoms with Crippen molar-refractivity contribution in [1.29, 1.82) is 0 Å². The maximum absolute atomic E-state index is 12.9. The van der Waals surface area contributed by atoms with Crippen LogP contribution in [0.25, 0.3) is 0 Å². The molecule has 0 fully saturated rings. The molecule has 0 aliphatic carbocycles. The molecule has 0 spiro atoms. The number of aromatic nitrogens is 2. The number of anilines is 3. The lowest BCUT2D eigenvalue weighted by Crippen LogP contribution is -2.17. The van der Waals surface area contributed by atoms with Crippen LogP contribution in [0, 0.1) is 5.82 Å². The molecular weight excluding hydrogens is 357 g/mol. The van der Waals surface area contributed by atoms with Crippen LogP contribution in [-0.4, -0.2) is 29.0 Å². The van der Waals surface area contributed by atoms with E-state index >= 15 is 0 Å². The summed E-state index contributed by atoms with van der Waals surface area (Å²) >= 11 is 0. The molecule has 7 heteroatoms. The maximum atomic E-state index is 12.9. The van der Waals surface area contributed by atoms with Crippen molar-refractivity contribution in [1.82, 2.24) is 9.97 Å². The van der Waals surface area contributed by atoms with Gasteiger partial charge in [0, 0.05) is 31.4 Å². The summed E-state index contributed by atoms with van der Waals surface area (Å²) in [7, 11) is 0. The van der Waals surface area contributed by atoms with Gasteiger partial charge in [-0.2, -0.15) is 4.98 Å². The number of carbonyl (C=O) groups excluding carboxylic acids is 1. The zero-order valence-corrected chi connectivity index (χ0v) is 15.4. The lowest BCUT2D eigenvalue weighted by molar-refractivity contribution is -0.115. The van der Waals surface area contributed by atoms with Gasteiger partial charge < -0.3 is 16.0 Å². The van der Waals surface area contributed by atoms with Crippen LogP contribution in [-0.2, 0) is 11.2 Å². The van der Waals surface area contributed by atoms with E-state index in [9.17, 15) is 9.18 Å². The molecule has 3 N–H and O–H groups in total. The standard InChI is InChI=1S/C21H22FN5O/c22-17-8-6-16(7-9-17)10-13-24-21-25-14-11-19(27-21)23-15-12-20(28)26-18-4-2-1-3-5-18/h1-9,11,14H,10,12-13,15H2,(H,26,28)(H2,23,24,25,27). The van der Waals surface area contributed by atoms with Gasteiger partial charge in [-0.25, -0.2) is 9.37 Å². The van der Waals surface area contributed by atoms with E-state index in [0.717, 1.165) is 17.7 Å². The average molecular weight is 379 g/mol. The van der Waals surface area contributed by atoms with Crippen LogP contribution in [0.15, 0.2) is 66.9 Å². The SMILES string of the molecule is O=C(CCNc1ccnc(NCCc2ccc(F)cc2)n1)Nc1ccccc1. The molecule has 0 saturated carbocycles. The number of nitrogens with zero attached hydrogens (tertiary/aromatic N) is 2. The molecule has 0 bridgehead atoms. The topological polar surface area (TPSA) is 78.9 Å². The Morgan fingerprint density at radius 2 is 1.71 bits per heavy atom. The Bertz CT molecular complexity index is 887. The fourth-order valence-corrected chi connectivity index (χ4v) is 2.56. The van der Waals surface area contributed by atoms with Gasteiger partial charge in [0.25, 0.3) is 0 Å². The summed E-state index contributed by atoms with van der Waals surface area (Å²) in [5.74, 6) is 0.842. The number of amides is 1. The predicted molar refractivity (Wildman–Crippen MR) is 109 cm³/mol. The molecule has 1 heterocycles. The summed E-state index contributed by atoms with van der Waals surface area (Å²) < 4.78 is 12.9. The minimum absolute atomic E-state index is 0.0644. The molecule has 0 aliphatic heterocycles. The number of carbonyl (C=O) groups is 1. The Labute approximate surface area is 163 Å². The number of para-hydroxylation sites is 1. The minimum atomic E-state index is -0.240. The molecule has 2 aromatic carbocycles. The summed E-state index contributed by atoms with van der Waals surface area (Å²) in [5, 5.41) is 9.11. The van der Waals surface area contributed by atoms with E-state index in [-0.39, 0.29) is 11.7 Å². The smallest absolute Gasteiger partial charge is 0.226 e. The Morgan fingerprint density at radius 1 is 0.929 bits per heavy atom. The van der Waals surface area contributed by atoms with Crippen LogP contribution in [0.5, 0.6) is 0 Å². The fourth-order valence-electron chi connectivity index (χ4n) is 2.56. The molecule has 0 radical (unpaired) electrons. The van der Waals surface area contributed by atoms with Crippen LogP contribution in [0.3, 0.4) is 0 Å². The third-order valence-electron chi connectivity index (χ3n) is 3.98. The normalized spacial score (nSPS) is 10.3. The number of hydrogen-bond acceptors (Lipinski definition) is 5. The van der Waals surface area contributed by atoms with E-state index in [1.807, 2.05) is 30.3 Å². The van der Waals surface area contributed by atoms with Crippen molar-refractivity contribution in [3.8, 4) is 0 Å². The number of benzene rings is 2. The molecule has 3 aromatic rings. The van der Waals surface area contributed by atoms with E-state index in [4.69, 9.17) is 0 Å². The van der Waals surface area contributed by atoms with E-state index in [1.165, 1.54) is 12.1 Å². The van der Waals surface area contributed by atoms with E-state index < -0.39 is 0 Å². The molecule has 144 valence electrons. The third-order valence-corrected chi connectivity index (χ3v) is 3.98. The monoisotopic (exact) mass is 379 g/mol. The average Bonchev–Trinajstić information content (AvgIpc) is 2.71. The first-order chi connectivity index (χ1) is 13.7. The zero-order chi connectivity index (χ0) is 19.6. The van der Waals surface area contributed by atoms with E-state index in [1.54, 1.807) is 24.4 Å². The van der Waals surface area contributed by atoms with Gasteiger partial charge >= 0.3 is 0 Å². The predicted octanol–water partition coefficient (Wildman–Crippen LogP) is 3.71. The summed E-state index contributed by atoms with van der Waals surface area (Å²) in [5.41, 5.74) is 1.81. The van der Waals surface area contributed by atoms with Crippen molar-refractivity contribution >= 4 is 23.4 Å². The highest BCUT2D eigenvalue weighted by Gasteiger charge is 2.03. The lowest BCUT2D eigenvalue weighted by atomic mass is 10.1. The molecule has 1 amide bonds. The van der Waals surface area contributed by atoms with Gasteiger partial charge in [0.05, 0.1) is 0 Å². The first kappa shape index (κ1) is 19.3. The second kappa shape index (κ2) is 10.0. The molecule has 1 aromatic heterocycles. The van der Waals surface area contributed by atoms with Crippen molar-refractivity contribution in [3.63, 3.8) is 0 Å². The van der Waals surface area contributed by atoms with E-state index in [2.05, 4.69) is 25.9 Å². The van der Waals surface area contributed by atoms with Gasteiger partial charge in [-0.05, 0) is 42.3 Å². The van der Waals surface area contributed by atoms with E-state index in [0.29, 0.717) is 31.3 Å². The molecule has 6 nitrogen and oxygen atoms in total. The lowest BCUT2D eigenvalue weighted by Gasteiger charge is -2.09. The highest BCUT2D eigenvalue weighted by atomic mass is 19.1. The molecule has 0 unspecified atom stereocenters. The fraction of sp³-hybridized carbons (Fsp3) is 0.190. The summed E-state index contributed by atoms with van der Waals surface area (Å²) in [6, 6.07) is 17.5. The highest BCUT2D eigenvalue weighted by Crippen LogP contribution is 2.08. The van der Waals surface area contributed by atoms with Crippen LogP contribution in [0.4, 0.5) is 21.8 Å². The minimum Gasteiger partial charge on any atom is -0.369 e. The van der Waals surface area contributed by atoms with Gasteiger partial charge in [-0.15, -0.1) is 0 Å². The van der Waals surface area contributed by atoms with Gasteiger partial charge in [-0.3, -0.25) is 4.79 Å². The van der Waals surface area contributed by atoms with Gasteiger partial charge in [0.15, 0.2) is 0 Å². The molecule has 0 aliphatic rings. The van der Waals surface area contributed by atoms with Crippen molar-refractivity contribution in [2.24, 2.45) is 0 Å². The Morgan fingerprint density at radius 3 is 2.50 bits per heavy atom. The summed E-state index contributed by atoms with van der Waals surface area (Å²) in [6.07, 6.45) is 2.72. The van der Waals surface area contributed by atoms with Crippen molar-refractivity contribution in [2.75, 3.05) is 29.0 Å². The first-order valence-corrected chi connectivity index (χ1v) is 9.09. The molecular formula is C21H22FN5O. The van der Waals surface area contributed by atoms with Crippen molar-refractivity contribution in [3.05, 3.63) is 78.2 Å². The third kappa shape index (κ3) is 6.35. The molecule has 0 atom stereocenters. The second-order valence-electron chi connectivity index (χ2n) is 6.16. The number of hydrogen-bond donors (Lipinski definition) is 3. The number of nitrogens with one attached hydrogen (secondary N) is 3. The largest absolute Gasteiger partial charge is 0.369 e. The Hall–Kier alpha value is -3.48. The van der Waals surface area contributed by atoms with Crippen LogP contribution >= 0.6 is 0 Å². The van der Waals surface area contributed by atoms with Crippen LogP contribution in [0.2, 0.25) is 0 Å². The van der Waals surface area contributed by atoms with Crippen LogP contribution < -0.4 is 16.0 Å². The van der Waals surface area contributed by atoms with Gasteiger partial charge in [-0.1, -0.05) is 30.3 Å². The second-order valence-corrected chi connectivity index (χ2v) is 6.16. The molecule has 3 rings (SSSR count). The number of halogens is 1. The van der Waals surface area contributed by atoms with Gasteiger partial charge in [0.1, 0.15) is 11.6 Å². The highest BCUT2D eigenvalue weighted by molar-refractivity contribution is 5.90. The molecule has 28 heavy (non-hydrogen) atoms. The van der Waals surface area contributed by atoms with Gasteiger partial charge in [0.2, 0.25) is 11.9 Å². The maximum Gasteiger partial charge on any atom is 0.226 e.